The molecule has 1 N–H and O–H groups in total. The van der Waals surface area contributed by atoms with Gasteiger partial charge in [-0.2, -0.15) is 4.98 Å². The first-order valence-electron chi connectivity index (χ1n) is 14.6. The number of benzene rings is 2. The molecule has 2 amide bonds. The number of rotatable bonds is 8. The van der Waals surface area contributed by atoms with Gasteiger partial charge in [0.15, 0.2) is 5.82 Å². The van der Waals surface area contributed by atoms with E-state index in [9.17, 15) is 22.8 Å². The zero-order valence-electron chi connectivity index (χ0n) is 24.7. The Morgan fingerprint density at radius 3 is 2.70 bits per heavy atom. The number of ether oxygens (including phenoxy) is 2. The molecule has 2 atom stereocenters. The van der Waals surface area contributed by atoms with Crippen LogP contribution < -0.4 is 10.1 Å². The molecule has 0 bridgehead atoms. The maximum atomic E-state index is 13.2. The van der Waals surface area contributed by atoms with Gasteiger partial charge in [0.1, 0.15) is 12.5 Å². The van der Waals surface area contributed by atoms with E-state index in [0.717, 1.165) is 22.3 Å². The van der Waals surface area contributed by atoms with E-state index in [2.05, 4.69) is 25.1 Å². The van der Waals surface area contributed by atoms with Crippen LogP contribution in [0.3, 0.4) is 0 Å². The normalized spacial score (nSPS) is 21.2. The molecule has 234 valence electrons. The van der Waals surface area contributed by atoms with Gasteiger partial charge in [-0.3, -0.25) is 14.5 Å². The highest BCUT2D eigenvalue weighted by Crippen LogP contribution is 2.47. The summed E-state index contributed by atoms with van der Waals surface area (Å²) < 4.78 is 53.7. The van der Waals surface area contributed by atoms with Crippen LogP contribution in [-0.2, 0) is 33.8 Å². The van der Waals surface area contributed by atoms with Gasteiger partial charge in [-0.25, -0.2) is 0 Å². The molecule has 10 nitrogen and oxygen atoms in total. The third kappa shape index (κ3) is 6.43. The van der Waals surface area contributed by atoms with Crippen molar-refractivity contribution in [1.82, 2.24) is 25.3 Å². The lowest BCUT2D eigenvalue weighted by atomic mass is 9.87. The zero-order chi connectivity index (χ0) is 31.2. The minimum Gasteiger partial charge on any atom is -0.406 e. The molecule has 0 radical (unpaired) electrons. The van der Waals surface area contributed by atoms with E-state index in [-0.39, 0.29) is 49.2 Å². The molecule has 2 unspecified atom stereocenters. The summed E-state index contributed by atoms with van der Waals surface area (Å²) in [5.41, 5.74) is 3.79. The summed E-state index contributed by atoms with van der Waals surface area (Å²) in [6.45, 7) is 7.88. The minimum atomic E-state index is -4.80. The summed E-state index contributed by atoms with van der Waals surface area (Å²) in [6, 6.07) is 9.69. The van der Waals surface area contributed by atoms with Crippen LogP contribution in [0.15, 0.2) is 40.9 Å². The molecule has 13 heteroatoms. The Hall–Kier alpha value is -3.97. The van der Waals surface area contributed by atoms with Crippen molar-refractivity contribution in [3.8, 4) is 16.9 Å². The van der Waals surface area contributed by atoms with Crippen molar-refractivity contribution in [1.29, 1.82) is 0 Å². The van der Waals surface area contributed by atoms with Crippen LogP contribution >= 0.6 is 0 Å². The van der Waals surface area contributed by atoms with Gasteiger partial charge in [-0.1, -0.05) is 29.4 Å². The van der Waals surface area contributed by atoms with Crippen LogP contribution in [0.4, 0.5) is 13.2 Å². The summed E-state index contributed by atoms with van der Waals surface area (Å²) in [7, 11) is 0. The molecule has 2 aliphatic heterocycles. The molecule has 0 spiro atoms. The quantitative estimate of drug-likeness (QED) is 0.400. The maximum absolute atomic E-state index is 13.2. The third-order valence-electron chi connectivity index (χ3n) is 8.47. The maximum Gasteiger partial charge on any atom is 0.573 e. The number of alkyl halides is 3. The first-order chi connectivity index (χ1) is 20.9. The van der Waals surface area contributed by atoms with Crippen LogP contribution in [0.25, 0.3) is 11.1 Å². The molecular formula is C31H34F3N5O5. The molecule has 3 heterocycles. The number of hydrogen-bond acceptors (Lipinski definition) is 8. The van der Waals surface area contributed by atoms with Crippen molar-refractivity contribution in [2.45, 2.75) is 64.5 Å². The van der Waals surface area contributed by atoms with Crippen LogP contribution in [0.5, 0.6) is 5.75 Å². The second kappa shape index (κ2) is 11.5. The first kappa shape index (κ1) is 30.1. The Bertz CT molecular complexity index is 1570. The number of halogens is 3. The molecule has 1 saturated heterocycles. The van der Waals surface area contributed by atoms with Gasteiger partial charge in [-0.05, 0) is 73.6 Å². The standard InChI is InChI=1S/C31H34F3N5O5/c1-18-36-29(44-37-18)25-12-24(25)28(41)35-13-20-7-8-22(19-5-4-6-21(11-19)43-31(32,33)34)23-9-10-38(14-26(20)23)15-27(40)39-17-42-16-30(39,2)3/h4-8,11,24-25H,9-10,12-17H2,1-3H3,(H,35,41). The summed E-state index contributed by atoms with van der Waals surface area (Å²) in [4.78, 5) is 34.3. The van der Waals surface area contributed by atoms with Crippen molar-refractivity contribution in [3.05, 3.63) is 64.8 Å². The van der Waals surface area contributed by atoms with Crippen molar-refractivity contribution in [2.75, 3.05) is 26.4 Å². The average molecular weight is 614 g/mol. The number of carbonyl (C=O) groups is 2. The lowest BCUT2D eigenvalue weighted by Gasteiger charge is -2.35. The van der Waals surface area contributed by atoms with E-state index in [1.54, 1.807) is 17.9 Å². The third-order valence-corrected chi connectivity index (χ3v) is 8.47. The fraction of sp³-hybridized carbons (Fsp3) is 0.484. The summed E-state index contributed by atoms with van der Waals surface area (Å²) in [5.74, 6) is 0.203. The highest BCUT2D eigenvalue weighted by atomic mass is 19.4. The fourth-order valence-corrected chi connectivity index (χ4v) is 6.09. The van der Waals surface area contributed by atoms with Crippen molar-refractivity contribution in [2.24, 2.45) is 5.92 Å². The Morgan fingerprint density at radius 2 is 2.00 bits per heavy atom. The van der Waals surface area contributed by atoms with Crippen LogP contribution in [0, 0.1) is 12.8 Å². The van der Waals surface area contributed by atoms with Crippen LogP contribution in [-0.4, -0.2) is 70.1 Å². The van der Waals surface area contributed by atoms with Crippen molar-refractivity contribution < 1.29 is 36.8 Å². The van der Waals surface area contributed by atoms with Gasteiger partial charge in [0.05, 0.1) is 30.5 Å². The van der Waals surface area contributed by atoms with Crippen LogP contribution in [0.1, 0.15) is 54.6 Å². The fourth-order valence-electron chi connectivity index (χ4n) is 6.09. The molecule has 3 aliphatic rings. The molecule has 1 aromatic heterocycles. The lowest BCUT2D eigenvalue weighted by Crippen LogP contribution is -2.49. The molecule has 44 heavy (non-hydrogen) atoms. The summed E-state index contributed by atoms with van der Waals surface area (Å²) in [6.07, 6.45) is -3.59. The lowest BCUT2D eigenvalue weighted by molar-refractivity contribution is -0.274. The molecule has 3 aromatic rings. The molecular weight excluding hydrogens is 579 g/mol. The number of carbonyl (C=O) groups excluding carboxylic acids is 2. The number of nitrogens with zero attached hydrogens (tertiary/aromatic N) is 4. The topological polar surface area (TPSA) is 110 Å². The van der Waals surface area contributed by atoms with E-state index in [4.69, 9.17) is 9.26 Å². The van der Waals surface area contributed by atoms with Gasteiger partial charge in [0.2, 0.25) is 17.7 Å². The Morgan fingerprint density at radius 1 is 1.18 bits per heavy atom. The van der Waals surface area contributed by atoms with Gasteiger partial charge in [0.25, 0.3) is 0 Å². The van der Waals surface area contributed by atoms with E-state index in [1.165, 1.54) is 18.2 Å². The molecule has 1 aliphatic carbocycles. The minimum absolute atomic E-state index is 0.0324. The number of fused-ring (bicyclic) bond motifs is 1. The van der Waals surface area contributed by atoms with E-state index in [1.807, 2.05) is 26.0 Å². The summed E-state index contributed by atoms with van der Waals surface area (Å²) in [5, 5.41) is 6.85. The average Bonchev–Trinajstić information content (AvgIpc) is 3.51. The zero-order valence-corrected chi connectivity index (χ0v) is 24.7. The number of hydrogen-bond donors (Lipinski definition) is 1. The predicted molar refractivity (Wildman–Crippen MR) is 151 cm³/mol. The SMILES string of the molecule is Cc1noc(C2CC2C(=O)NCc2ccc(-c3cccc(OC(F)(F)F)c3)c3c2CN(CC(=O)N2COCC2(C)C)CC3)n1. The van der Waals surface area contributed by atoms with Crippen molar-refractivity contribution in [3.63, 3.8) is 0 Å². The second-order valence-corrected chi connectivity index (χ2v) is 12.2. The molecule has 2 aromatic carbocycles. The molecule has 2 fully saturated rings. The molecule has 6 rings (SSSR count). The van der Waals surface area contributed by atoms with E-state index in [0.29, 0.717) is 49.8 Å². The van der Waals surface area contributed by atoms with E-state index >= 15 is 0 Å². The Balaban J connectivity index is 1.23. The van der Waals surface area contributed by atoms with Crippen LogP contribution in [0.2, 0.25) is 0 Å². The smallest absolute Gasteiger partial charge is 0.406 e. The Kier molecular flexibility index (Phi) is 7.87. The van der Waals surface area contributed by atoms with Gasteiger partial charge in [0, 0.05) is 19.6 Å². The number of nitrogens with one attached hydrogen (secondary N) is 1. The number of aromatic nitrogens is 2. The van der Waals surface area contributed by atoms with Crippen molar-refractivity contribution >= 4 is 11.8 Å². The second-order valence-electron chi connectivity index (χ2n) is 12.2. The van der Waals surface area contributed by atoms with E-state index < -0.39 is 11.9 Å². The Labute approximate surface area is 252 Å². The van der Waals surface area contributed by atoms with Gasteiger partial charge >= 0.3 is 6.36 Å². The highest BCUT2D eigenvalue weighted by Gasteiger charge is 2.47. The molecule has 1 saturated carbocycles. The van der Waals surface area contributed by atoms with Gasteiger partial charge in [-0.15, -0.1) is 13.2 Å². The monoisotopic (exact) mass is 613 g/mol. The summed E-state index contributed by atoms with van der Waals surface area (Å²) >= 11 is 0. The van der Waals surface area contributed by atoms with Gasteiger partial charge < -0.3 is 24.2 Å². The highest BCUT2D eigenvalue weighted by molar-refractivity contribution is 5.83. The largest absolute Gasteiger partial charge is 0.573 e. The number of amides is 2. The first-order valence-corrected chi connectivity index (χ1v) is 14.6. The predicted octanol–water partition coefficient (Wildman–Crippen LogP) is 4.32. The number of aryl methyl sites for hydroxylation is 1.